The average molecular weight is 140 g/mol. The van der Waals surface area contributed by atoms with Gasteiger partial charge in [0.15, 0.2) is 0 Å². The molecule has 48 valence electrons. The van der Waals surface area contributed by atoms with E-state index < -0.39 is 11.1 Å². The second-order valence-corrected chi connectivity index (χ2v) is 3.35. The van der Waals surface area contributed by atoms with Gasteiger partial charge in [-0.1, -0.05) is 23.9 Å². The summed E-state index contributed by atoms with van der Waals surface area (Å²) in [4.78, 5) is 0. The first-order valence-corrected chi connectivity index (χ1v) is 4.02. The molecule has 1 rings (SSSR count). The van der Waals surface area contributed by atoms with Crippen LogP contribution in [0.3, 0.4) is 0 Å². The molecule has 0 bridgehead atoms. The molecule has 0 amide bonds. The Hall–Kier alpha value is 0.707. The van der Waals surface area contributed by atoms with Gasteiger partial charge in [0.1, 0.15) is 0 Å². The fourth-order valence-corrected chi connectivity index (χ4v) is 1.80. The summed E-state index contributed by atoms with van der Waals surface area (Å²) in [6.07, 6.45) is 3.96. The van der Waals surface area contributed by atoms with Crippen LogP contribution in [-0.4, -0.2) is 14.0 Å². The van der Waals surface area contributed by atoms with Gasteiger partial charge in [-0.05, 0) is 12.8 Å². The fraction of sp³-hybridized carbons (Fsp3) is 1.00. The van der Waals surface area contributed by atoms with Crippen LogP contribution < -0.4 is 18.9 Å². The van der Waals surface area contributed by atoms with Crippen LogP contribution in [0.25, 0.3) is 0 Å². The summed E-state index contributed by atoms with van der Waals surface area (Å²) in [5.41, 5.74) is 0. The van der Waals surface area contributed by atoms with Crippen LogP contribution in [0.4, 0.5) is 0 Å². The van der Waals surface area contributed by atoms with Gasteiger partial charge in [0.2, 0.25) is 0 Å². The van der Waals surface area contributed by atoms with E-state index in [2.05, 4.69) is 0 Å². The first-order valence-electron chi connectivity index (χ1n) is 2.89. The summed E-state index contributed by atoms with van der Waals surface area (Å²) in [5.74, 6) is 0. The van der Waals surface area contributed by atoms with Crippen molar-refractivity contribution >= 4 is 11.1 Å². The zero-order valence-electron chi connectivity index (χ0n) is 5.63. The molecule has 1 atom stereocenters. The number of hydrogen-bond donors (Lipinski definition) is 0. The van der Waals surface area contributed by atoms with Crippen molar-refractivity contribution in [1.82, 2.24) is 0 Å². The van der Waals surface area contributed by atoms with Crippen molar-refractivity contribution < 1.29 is 27.6 Å². The normalized spacial score (nSPS) is 23.2. The Kier molecular flexibility index (Phi) is 4.87. The summed E-state index contributed by atoms with van der Waals surface area (Å²) in [5, 5.41) is -0.0185. The third-order valence-electron chi connectivity index (χ3n) is 1.57. The van der Waals surface area contributed by atoms with Crippen LogP contribution in [0.1, 0.15) is 25.7 Å². The van der Waals surface area contributed by atoms with E-state index >= 15 is 0 Å². The second-order valence-electron chi connectivity index (χ2n) is 2.17. The van der Waals surface area contributed by atoms with Crippen molar-refractivity contribution in [3.8, 4) is 0 Å². The third-order valence-corrected chi connectivity index (χ3v) is 2.59. The van der Waals surface area contributed by atoms with E-state index in [0.29, 0.717) is 0 Å². The van der Waals surface area contributed by atoms with Crippen molar-refractivity contribution in [1.29, 1.82) is 0 Å². The van der Waals surface area contributed by atoms with E-state index in [1.165, 1.54) is 0 Å². The predicted molar refractivity (Wildman–Crippen MR) is 31.2 cm³/mol. The monoisotopic (exact) mass is 140 g/mol. The minimum atomic E-state index is -1.79. The molecule has 4 heteroatoms. The smallest absolute Gasteiger partial charge is 0.772 e. The molecule has 1 aliphatic rings. The van der Waals surface area contributed by atoms with Crippen LogP contribution in [0.5, 0.6) is 0 Å². The van der Waals surface area contributed by atoms with E-state index in [9.17, 15) is 8.76 Å². The first kappa shape index (κ1) is 9.71. The molecule has 1 aliphatic carbocycles. The number of hydrogen-bond acceptors (Lipinski definition) is 2. The van der Waals surface area contributed by atoms with Gasteiger partial charge in [0.05, 0.1) is 0 Å². The van der Waals surface area contributed by atoms with Crippen molar-refractivity contribution in [2.24, 2.45) is 0 Å². The Morgan fingerprint density at radius 2 is 1.78 bits per heavy atom. The summed E-state index contributed by atoms with van der Waals surface area (Å²) in [6.45, 7) is 0. The Labute approximate surface area is 69.9 Å². The van der Waals surface area contributed by atoms with Gasteiger partial charge in [0, 0.05) is 5.25 Å². The van der Waals surface area contributed by atoms with E-state index in [-0.39, 0.29) is 24.1 Å². The van der Waals surface area contributed by atoms with Gasteiger partial charge < -0.3 is 4.55 Å². The van der Waals surface area contributed by atoms with Crippen LogP contribution in [0.2, 0.25) is 0 Å². The first-order chi connectivity index (χ1) is 3.80. The molecule has 0 aliphatic heterocycles. The quantitative estimate of drug-likeness (QED) is 0.306. The molecule has 1 unspecified atom stereocenters. The van der Waals surface area contributed by atoms with Crippen LogP contribution >= 0.6 is 0 Å². The standard InChI is InChI=1S/C5H10O2S.Li/c6-8(7)5-3-1-2-4-5;/h5H,1-4H2,(H,6,7);/q;+1/p-1. The SMILES string of the molecule is O=S([O-])C1CCCC1.[Li+]. The Balaban J connectivity index is 0.000000640. The van der Waals surface area contributed by atoms with Gasteiger partial charge in [-0.3, -0.25) is 4.21 Å². The third kappa shape index (κ3) is 2.86. The van der Waals surface area contributed by atoms with Crippen molar-refractivity contribution in [3.05, 3.63) is 0 Å². The predicted octanol–water partition coefficient (Wildman–Crippen LogP) is -2.19. The van der Waals surface area contributed by atoms with Gasteiger partial charge >= 0.3 is 18.9 Å². The van der Waals surface area contributed by atoms with Crippen molar-refractivity contribution in [3.63, 3.8) is 0 Å². The zero-order chi connectivity index (χ0) is 5.98. The summed E-state index contributed by atoms with van der Waals surface area (Å²) in [6, 6.07) is 0. The molecule has 0 heterocycles. The summed E-state index contributed by atoms with van der Waals surface area (Å²) < 4.78 is 20.4. The maximum Gasteiger partial charge on any atom is 1.00 e. The molecule has 9 heavy (non-hydrogen) atoms. The molecule has 0 saturated heterocycles. The fourth-order valence-electron chi connectivity index (χ4n) is 1.08. The van der Waals surface area contributed by atoms with E-state index in [0.717, 1.165) is 25.7 Å². The second kappa shape index (κ2) is 4.51. The number of rotatable bonds is 1. The van der Waals surface area contributed by atoms with Gasteiger partial charge in [-0.15, -0.1) is 0 Å². The molecular weight excluding hydrogens is 131 g/mol. The summed E-state index contributed by atoms with van der Waals surface area (Å²) in [7, 11) is 0. The van der Waals surface area contributed by atoms with E-state index in [1.54, 1.807) is 0 Å². The molecule has 0 radical (unpaired) electrons. The maximum absolute atomic E-state index is 10.2. The van der Waals surface area contributed by atoms with Crippen LogP contribution in [0.15, 0.2) is 0 Å². The summed E-state index contributed by atoms with van der Waals surface area (Å²) >= 11 is -1.79. The van der Waals surface area contributed by atoms with Crippen molar-refractivity contribution in [2.45, 2.75) is 30.9 Å². The minimum Gasteiger partial charge on any atom is -0.772 e. The molecule has 0 aromatic rings. The van der Waals surface area contributed by atoms with Gasteiger partial charge in [0.25, 0.3) is 0 Å². The van der Waals surface area contributed by atoms with E-state index in [4.69, 9.17) is 0 Å². The Morgan fingerprint density at radius 1 is 1.33 bits per heavy atom. The molecule has 1 fully saturated rings. The molecule has 1 saturated carbocycles. The van der Waals surface area contributed by atoms with Crippen LogP contribution in [-0.2, 0) is 11.1 Å². The minimum absolute atomic E-state index is 0. The molecule has 0 aromatic carbocycles. The van der Waals surface area contributed by atoms with Crippen molar-refractivity contribution in [2.75, 3.05) is 0 Å². The molecule has 0 aromatic heterocycles. The topological polar surface area (TPSA) is 40.1 Å². The van der Waals surface area contributed by atoms with Gasteiger partial charge in [-0.2, -0.15) is 0 Å². The average Bonchev–Trinajstić information content (AvgIpc) is 2.12. The Bertz CT molecular complexity index is 101. The Morgan fingerprint density at radius 3 is 2.00 bits per heavy atom. The van der Waals surface area contributed by atoms with Crippen LogP contribution in [0, 0.1) is 0 Å². The molecular formula is C5H9LiO2S. The molecule has 2 nitrogen and oxygen atoms in total. The molecule has 0 spiro atoms. The molecule has 0 N–H and O–H groups in total. The van der Waals surface area contributed by atoms with E-state index in [1.807, 2.05) is 0 Å². The van der Waals surface area contributed by atoms with Gasteiger partial charge in [-0.25, -0.2) is 0 Å². The maximum atomic E-state index is 10.2. The zero-order valence-corrected chi connectivity index (χ0v) is 6.45. The largest absolute Gasteiger partial charge is 1.00 e.